The summed E-state index contributed by atoms with van der Waals surface area (Å²) in [5.41, 5.74) is 0.761. The Hall–Kier alpha value is -4.84. The second-order valence-corrected chi connectivity index (χ2v) is 10.9. The predicted molar refractivity (Wildman–Crippen MR) is 160 cm³/mol. The lowest BCUT2D eigenvalue weighted by atomic mass is 9.96. The van der Waals surface area contributed by atoms with Crippen LogP contribution in [0.15, 0.2) is 72.8 Å². The highest BCUT2D eigenvalue weighted by atomic mass is 19.3. The molecule has 5 aromatic carbocycles. The minimum absolute atomic E-state index is 0.0554. The highest BCUT2D eigenvalue weighted by Gasteiger charge is 2.41. The minimum atomic E-state index is -4.74. The molecular formula is C37H26F8O. The van der Waals surface area contributed by atoms with Crippen LogP contribution in [0.3, 0.4) is 0 Å². The van der Waals surface area contributed by atoms with Crippen LogP contribution in [-0.2, 0) is 12.5 Å². The van der Waals surface area contributed by atoms with Crippen molar-refractivity contribution in [3.63, 3.8) is 0 Å². The lowest BCUT2D eigenvalue weighted by Gasteiger charge is -2.19. The van der Waals surface area contributed by atoms with Crippen molar-refractivity contribution in [2.45, 2.75) is 45.6 Å². The van der Waals surface area contributed by atoms with E-state index in [4.69, 9.17) is 0 Å². The highest BCUT2D eigenvalue weighted by Crippen LogP contribution is 2.36. The molecule has 0 N–H and O–H groups in total. The first-order valence-electron chi connectivity index (χ1n) is 14.4. The van der Waals surface area contributed by atoms with Crippen molar-refractivity contribution >= 4 is 10.8 Å². The summed E-state index contributed by atoms with van der Waals surface area (Å²) in [6, 6.07) is 16.3. The third-order valence-electron chi connectivity index (χ3n) is 7.46. The Morgan fingerprint density at radius 2 is 1.30 bits per heavy atom. The summed E-state index contributed by atoms with van der Waals surface area (Å²) in [7, 11) is 0. The number of fused-ring (bicyclic) bond motifs is 1. The summed E-state index contributed by atoms with van der Waals surface area (Å²) >= 11 is 0. The monoisotopic (exact) mass is 638 g/mol. The van der Waals surface area contributed by atoms with Gasteiger partial charge in [0.1, 0.15) is 28.8 Å². The first kappa shape index (κ1) is 32.6. The molecule has 0 fully saturated rings. The molecule has 5 aromatic rings. The molecule has 0 amide bonds. The minimum Gasteiger partial charge on any atom is -0.429 e. The lowest BCUT2D eigenvalue weighted by Crippen LogP contribution is -2.25. The van der Waals surface area contributed by atoms with Crippen LogP contribution in [-0.4, -0.2) is 0 Å². The standard InChI is InChI=1S/C37H26F8O/c1-3-4-5-6-22-7-9-25-17-26(11-10-24(25)14-22)27-13-21(2)29(30(38)18-27)12-8-23-15-31(39)35(32(40)16-23)37(44,45)46-28-19-33(41)36(43)34(42)20-28/h7,9-11,13-20H,3-6H2,1-2H3. The summed E-state index contributed by atoms with van der Waals surface area (Å²) in [4.78, 5) is 0. The molecule has 0 aliphatic carbocycles. The highest BCUT2D eigenvalue weighted by molar-refractivity contribution is 5.88. The second-order valence-electron chi connectivity index (χ2n) is 10.9. The van der Waals surface area contributed by atoms with E-state index in [1.165, 1.54) is 18.1 Å². The van der Waals surface area contributed by atoms with Crippen molar-refractivity contribution < 1.29 is 39.9 Å². The summed E-state index contributed by atoms with van der Waals surface area (Å²) < 4.78 is 118. The van der Waals surface area contributed by atoms with Gasteiger partial charge >= 0.3 is 6.11 Å². The fraction of sp³-hybridized carbons (Fsp3) is 0.189. The summed E-state index contributed by atoms with van der Waals surface area (Å²) in [6.45, 7) is 3.77. The number of alkyl halides is 2. The number of ether oxygens (including phenoxy) is 1. The molecule has 0 spiro atoms. The van der Waals surface area contributed by atoms with E-state index in [0.29, 0.717) is 23.3 Å². The Kier molecular flexibility index (Phi) is 9.38. The Balaban J connectivity index is 1.38. The molecule has 0 bridgehead atoms. The van der Waals surface area contributed by atoms with Gasteiger partial charge in [-0.2, -0.15) is 8.78 Å². The number of unbranched alkanes of at least 4 members (excludes halogenated alkanes) is 2. The van der Waals surface area contributed by atoms with Gasteiger partial charge < -0.3 is 4.74 Å². The predicted octanol–water partition coefficient (Wildman–Crippen LogP) is 10.9. The fourth-order valence-electron chi connectivity index (χ4n) is 5.13. The van der Waals surface area contributed by atoms with Crippen molar-refractivity contribution in [2.24, 2.45) is 0 Å². The smallest absolute Gasteiger partial charge is 0.429 e. The van der Waals surface area contributed by atoms with Gasteiger partial charge in [-0.3, -0.25) is 0 Å². The van der Waals surface area contributed by atoms with E-state index in [1.54, 1.807) is 13.0 Å². The molecule has 46 heavy (non-hydrogen) atoms. The molecule has 0 aromatic heterocycles. The van der Waals surface area contributed by atoms with Crippen molar-refractivity contribution in [1.29, 1.82) is 0 Å². The molecule has 1 nitrogen and oxygen atoms in total. The number of hydrogen-bond acceptors (Lipinski definition) is 1. The molecular weight excluding hydrogens is 612 g/mol. The molecule has 0 atom stereocenters. The van der Waals surface area contributed by atoms with Crippen LogP contribution in [0.1, 0.15) is 54.0 Å². The van der Waals surface area contributed by atoms with Gasteiger partial charge in [-0.1, -0.05) is 61.9 Å². The van der Waals surface area contributed by atoms with E-state index in [1.807, 2.05) is 24.3 Å². The normalized spacial score (nSPS) is 11.4. The summed E-state index contributed by atoms with van der Waals surface area (Å²) in [5.74, 6) is -6.17. The van der Waals surface area contributed by atoms with Crippen LogP contribution in [0.4, 0.5) is 35.1 Å². The maximum Gasteiger partial charge on any atom is 0.432 e. The Bertz CT molecular complexity index is 1940. The van der Waals surface area contributed by atoms with Gasteiger partial charge in [0.05, 0.1) is 5.56 Å². The first-order chi connectivity index (χ1) is 21.9. The number of aryl methyl sites for hydroxylation is 2. The molecule has 0 saturated carbocycles. The molecule has 0 heterocycles. The van der Waals surface area contributed by atoms with E-state index < -0.39 is 52.3 Å². The van der Waals surface area contributed by atoms with Gasteiger partial charge in [0, 0.05) is 17.7 Å². The molecule has 0 unspecified atom stereocenters. The third-order valence-corrected chi connectivity index (χ3v) is 7.46. The van der Waals surface area contributed by atoms with Crippen molar-refractivity contribution in [3.8, 4) is 28.7 Å². The zero-order valence-electron chi connectivity index (χ0n) is 24.7. The second kappa shape index (κ2) is 13.3. The number of rotatable bonds is 8. The van der Waals surface area contributed by atoms with Crippen molar-refractivity contribution in [1.82, 2.24) is 0 Å². The number of benzene rings is 5. The lowest BCUT2D eigenvalue weighted by molar-refractivity contribution is -0.189. The molecule has 0 radical (unpaired) electrons. The maximum atomic E-state index is 15.2. The zero-order chi connectivity index (χ0) is 33.2. The number of halogens is 8. The topological polar surface area (TPSA) is 9.23 Å². The van der Waals surface area contributed by atoms with Crippen molar-refractivity contribution in [3.05, 3.63) is 136 Å². The zero-order valence-corrected chi connectivity index (χ0v) is 24.7. The molecule has 0 saturated heterocycles. The van der Waals surface area contributed by atoms with Gasteiger partial charge in [0.2, 0.25) is 0 Å². The Morgan fingerprint density at radius 3 is 1.96 bits per heavy atom. The van der Waals surface area contributed by atoms with E-state index >= 15 is 4.39 Å². The maximum absolute atomic E-state index is 15.2. The van der Waals surface area contributed by atoms with E-state index in [0.717, 1.165) is 35.6 Å². The molecule has 9 heteroatoms. The first-order valence-corrected chi connectivity index (χ1v) is 14.4. The van der Waals surface area contributed by atoms with E-state index in [2.05, 4.69) is 35.6 Å². The largest absolute Gasteiger partial charge is 0.432 e. The van der Waals surface area contributed by atoms with Crippen LogP contribution >= 0.6 is 0 Å². The molecule has 0 aliphatic heterocycles. The van der Waals surface area contributed by atoms with Crippen molar-refractivity contribution in [2.75, 3.05) is 0 Å². The summed E-state index contributed by atoms with van der Waals surface area (Å²) in [5, 5.41) is 2.07. The van der Waals surface area contributed by atoms with Crippen LogP contribution in [0, 0.1) is 53.7 Å². The van der Waals surface area contributed by atoms with Crippen LogP contribution in [0.25, 0.3) is 21.9 Å². The average molecular weight is 639 g/mol. The van der Waals surface area contributed by atoms with E-state index in [-0.39, 0.29) is 23.3 Å². The summed E-state index contributed by atoms with van der Waals surface area (Å²) in [6.07, 6.45) is -0.292. The van der Waals surface area contributed by atoms with Gasteiger partial charge in [0.15, 0.2) is 17.5 Å². The number of hydrogen-bond donors (Lipinski definition) is 0. The third kappa shape index (κ3) is 7.02. The molecule has 236 valence electrons. The molecule has 0 aliphatic rings. The SMILES string of the molecule is CCCCCc1ccc2cc(-c3cc(C)c(C#Cc4cc(F)c(C(F)(F)Oc5cc(F)c(F)c(F)c5)c(F)c4)c(F)c3)ccc2c1. The Morgan fingerprint density at radius 1 is 0.652 bits per heavy atom. The quantitative estimate of drug-likeness (QED) is 0.0711. The van der Waals surface area contributed by atoms with E-state index in [9.17, 15) is 30.7 Å². The van der Waals surface area contributed by atoms with Crippen LogP contribution < -0.4 is 4.74 Å². The Labute approximate surface area is 260 Å². The van der Waals surface area contributed by atoms with Crippen LogP contribution in [0.2, 0.25) is 0 Å². The van der Waals surface area contributed by atoms with Gasteiger partial charge in [-0.25, -0.2) is 26.3 Å². The average Bonchev–Trinajstić information content (AvgIpc) is 2.98. The van der Waals surface area contributed by atoms with Gasteiger partial charge in [-0.05, 0) is 83.1 Å². The molecule has 5 rings (SSSR count). The fourth-order valence-corrected chi connectivity index (χ4v) is 5.13. The van der Waals surface area contributed by atoms with Gasteiger partial charge in [-0.15, -0.1) is 0 Å². The van der Waals surface area contributed by atoms with Crippen LogP contribution in [0.5, 0.6) is 5.75 Å². The van der Waals surface area contributed by atoms with Gasteiger partial charge in [0.25, 0.3) is 0 Å².